The molecule has 726 valence electrons. The van der Waals surface area contributed by atoms with Crippen LogP contribution in [0.3, 0.4) is 0 Å². The van der Waals surface area contributed by atoms with Crippen LogP contribution in [0.4, 0.5) is 0 Å². The summed E-state index contributed by atoms with van der Waals surface area (Å²) in [7, 11) is -5.32. The molecular formula is C122H138Ir4N8Si4-8. The molecule has 0 aliphatic heterocycles. The average molecular weight is 2620 g/mol. The van der Waals surface area contributed by atoms with Gasteiger partial charge in [-0.25, -0.2) is 0 Å². The minimum atomic E-state index is -2.57. The summed E-state index contributed by atoms with van der Waals surface area (Å²) in [6.45, 7) is 30.0. The van der Waals surface area contributed by atoms with Crippen molar-refractivity contribution in [1.29, 1.82) is 0 Å². The largest absolute Gasteiger partial charge is 0.305 e. The molecule has 0 N–H and O–H groups in total. The fourth-order valence-corrected chi connectivity index (χ4v) is 21.6. The second kappa shape index (κ2) is 56.8. The minimum Gasteiger partial charge on any atom is -0.305 e. The molecule has 8 nitrogen and oxygen atoms in total. The zero-order chi connectivity index (χ0) is 112. The summed E-state index contributed by atoms with van der Waals surface area (Å²) in [6, 6.07) is 102. The third-order valence-corrected chi connectivity index (χ3v) is 30.6. The maximum Gasteiger partial charge on any atom is 0.0799 e. The van der Waals surface area contributed by atoms with Crippen LogP contribution < -0.4 is 20.7 Å². The van der Waals surface area contributed by atoms with E-state index in [2.05, 4.69) is 276 Å². The minimum absolute atomic E-state index is 0. The maximum atomic E-state index is 7.46. The first kappa shape index (κ1) is 90.9. The molecule has 1 saturated carbocycles. The van der Waals surface area contributed by atoms with Crippen molar-refractivity contribution in [3.63, 3.8) is 0 Å². The Kier molecular flexibility index (Phi) is 37.4. The first-order valence-electron chi connectivity index (χ1n) is 54.9. The molecule has 0 atom stereocenters. The van der Waals surface area contributed by atoms with Crippen LogP contribution >= 0.6 is 0 Å². The van der Waals surface area contributed by atoms with E-state index in [1.807, 2.05) is 115 Å². The van der Waals surface area contributed by atoms with Gasteiger partial charge in [0.05, 0.1) is 32.3 Å². The summed E-state index contributed by atoms with van der Waals surface area (Å²) in [4.78, 5) is 35.2. The molecule has 8 aromatic heterocycles. The van der Waals surface area contributed by atoms with Crippen molar-refractivity contribution in [1.82, 2.24) is 39.9 Å². The molecule has 1 aliphatic rings. The summed E-state index contributed by atoms with van der Waals surface area (Å²) in [5.74, 6) is 1.95. The van der Waals surface area contributed by atoms with Crippen LogP contribution in [0.1, 0.15) is 164 Å². The average Bonchev–Trinajstić information content (AvgIpc) is 1.18. The Balaban J connectivity index is 0.000000271. The van der Waals surface area contributed by atoms with Gasteiger partial charge in [0.1, 0.15) is 0 Å². The van der Waals surface area contributed by atoms with Gasteiger partial charge >= 0.3 is 0 Å². The second-order valence-corrected chi connectivity index (χ2v) is 58.2. The first-order valence-corrected chi connectivity index (χ1v) is 59.9. The van der Waals surface area contributed by atoms with Crippen molar-refractivity contribution in [3.05, 3.63) is 408 Å². The molecule has 16 aromatic rings. The van der Waals surface area contributed by atoms with Gasteiger partial charge in [0, 0.05) is 154 Å². The monoisotopic (exact) mass is 2620 g/mol. The Morgan fingerprint density at radius 2 is 0.667 bits per heavy atom. The molecule has 16 heteroatoms. The van der Waals surface area contributed by atoms with E-state index in [0.717, 1.165) is 97.4 Å². The van der Waals surface area contributed by atoms with Crippen molar-refractivity contribution in [3.8, 4) is 90.1 Å². The van der Waals surface area contributed by atoms with Crippen LogP contribution in [0, 0.1) is 109 Å². The smallest absolute Gasteiger partial charge is 0.0799 e. The van der Waals surface area contributed by atoms with Gasteiger partial charge in [-0.05, 0) is 180 Å². The van der Waals surface area contributed by atoms with Gasteiger partial charge in [-0.1, -0.05) is 227 Å². The van der Waals surface area contributed by atoms with Crippen LogP contribution in [-0.4, -0.2) is 72.2 Å². The molecule has 0 unspecified atom stereocenters. The Labute approximate surface area is 912 Å². The zero-order valence-corrected chi connectivity index (χ0v) is 96.2. The third-order valence-electron chi connectivity index (χ3n) is 22.4. The quantitative estimate of drug-likeness (QED) is 0.0656. The Bertz CT molecular complexity index is 6910. The molecule has 1 fully saturated rings. The predicted octanol–water partition coefficient (Wildman–Crippen LogP) is 29.6. The Morgan fingerprint density at radius 3 is 1.01 bits per heavy atom. The normalized spacial score (nSPS) is 13.9. The molecule has 0 saturated heterocycles. The Hall–Kier alpha value is -9.58. The molecule has 4 radical (unpaired) electrons. The van der Waals surface area contributed by atoms with Gasteiger partial charge in [-0.3, -0.25) is 0 Å². The molecule has 17 rings (SSSR count). The number of aryl methyl sites for hydroxylation is 9. The van der Waals surface area contributed by atoms with E-state index in [1.165, 1.54) is 107 Å². The van der Waals surface area contributed by atoms with Crippen molar-refractivity contribution < 1.29 is 105 Å². The van der Waals surface area contributed by atoms with Gasteiger partial charge < -0.3 is 39.9 Å². The van der Waals surface area contributed by atoms with Gasteiger partial charge in [-0.15, -0.1) is 287 Å². The molecule has 8 aromatic carbocycles. The summed E-state index contributed by atoms with van der Waals surface area (Å²) < 4.78 is 132. The molecule has 0 bridgehead atoms. The fourth-order valence-electron chi connectivity index (χ4n) is 15.1. The van der Waals surface area contributed by atoms with Gasteiger partial charge in [0.15, 0.2) is 0 Å². The number of rotatable bonds is 17. The number of benzene rings is 8. The first-order chi connectivity index (χ1) is 71.2. The van der Waals surface area contributed by atoms with E-state index in [9.17, 15) is 0 Å². The van der Waals surface area contributed by atoms with Crippen molar-refractivity contribution in [2.75, 3.05) is 0 Å². The summed E-state index contributed by atoms with van der Waals surface area (Å²) >= 11 is 0. The van der Waals surface area contributed by atoms with E-state index in [-0.39, 0.29) is 103 Å². The molecule has 8 heterocycles. The maximum absolute atomic E-state index is 7.46. The number of hydrogen-bond acceptors (Lipinski definition) is 8. The molecular weight excluding hydrogens is 2460 g/mol. The van der Waals surface area contributed by atoms with E-state index in [1.54, 1.807) is 73.1 Å². The third kappa shape index (κ3) is 36.2. The number of hydrogen-bond donors (Lipinski definition) is 0. The van der Waals surface area contributed by atoms with E-state index >= 15 is 0 Å². The Morgan fingerprint density at radius 1 is 0.319 bits per heavy atom. The van der Waals surface area contributed by atoms with Gasteiger partial charge in [0.2, 0.25) is 0 Å². The second-order valence-electron chi connectivity index (χ2n) is 38.1. The van der Waals surface area contributed by atoms with E-state index < -0.39 is 73.4 Å². The van der Waals surface area contributed by atoms with Crippen LogP contribution in [0.15, 0.2) is 292 Å². The van der Waals surface area contributed by atoms with Crippen molar-refractivity contribution >= 4 is 53.0 Å². The van der Waals surface area contributed by atoms with Gasteiger partial charge in [0.25, 0.3) is 0 Å². The molecule has 0 spiro atoms. The summed E-state index contributed by atoms with van der Waals surface area (Å²) in [5.41, 5.74) is 21.7. The predicted molar refractivity (Wildman–Crippen MR) is 581 cm³/mol. The number of nitrogens with zero attached hydrogens (tertiary/aromatic N) is 8. The number of pyridine rings is 8. The van der Waals surface area contributed by atoms with Crippen LogP contribution in [0.25, 0.3) is 90.1 Å². The topological polar surface area (TPSA) is 103 Å². The SMILES string of the molecule is CC(C)Cc1cc(-c2[c-]cccc2)ncc1[Si](C)(C)C.CC(C)c1cc(-c2[c-]cccc2)ncc1[Si](C)(C)C.CCc1cc(-c2[c-]cccc2)ncc1[Si](C)(C)C.C[Si](C)(C)c1cnc(-c2[c-]cccc2)cc1C1CCCC1.[2H]C([2H])([2H])c1c[c-]c(-c2ccc(C([2H])([2H])[2H])cn2)cc1.[2H]C([2H])([2H])c1ccc(-c2[c-]cccc2)nc1C([2H])([2H])[2H].[2H]C([2H])([2H])c1cnc(-c2[c-]cccc2)cc1C.[2H]C([2H])([2H])c1cnc(-c2[c-]cccc2)cc1C.[Ir].[Ir].[Ir].[Ir]. The van der Waals surface area contributed by atoms with Crippen LogP contribution in [0.2, 0.25) is 78.6 Å². The molecule has 0 amide bonds. The number of aromatic nitrogens is 8. The van der Waals surface area contributed by atoms with Crippen LogP contribution in [-0.2, 0) is 93.3 Å². The standard InChI is InChI=1S/C19H24NSi.C18H24NSi.C17H22NSi.C16H20NSi.4C13H12N.4Ir/c1-21(2,3)19-14-20-18(16-11-5-4-6-12-16)13-17(19)15-9-7-8-10-15;1-14(2)11-16-12-17(15-9-7-6-8-10-15)19-13-18(16)20(3,4)5;1-13(2)15-11-16(14-9-7-6-8-10-14)18-12-17(15)19(3,4)5;1-5-13-11-15(14-9-7-6-8-10-14)17-12-16(13)18(2,3)4;1-10-3-6-12(7-4-10)13-8-5-11(2)9-14-13;2*1-10-8-13(14-9-11(10)2)12-6-4-3-5-7-12;1-10-8-9-13(14-11(10)2)12-6-4-3-5-7-12;;;;/h4-6,11,13-15H,7-10H2,1-3H3;6-9,12-14H,11H2,1-5H3;6-9,11-13H,1-5H3;6-9,11-12H,5H2,1-4H3;4*3-6,8-9H,1-2H3;;;;/q8*-1;;;;/i;;;;1D3,2D3;2*2D3;1D3,2D3;;;;. The van der Waals surface area contributed by atoms with Crippen molar-refractivity contribution in [2.24, 2.45) is 5.92 Å². The van der Waals surface area contributed by atoms with Crippen molar-refractivity contribution in [2.45, 2.75) is 219 Å². The molecule has 1 aliphatic carbocycles. The van der Waals surface area contributed by atoms with E-state index in [4.69, 9.17) is 29.7 Å². The summed E-state index contributed by atoms with van der Waals surface area (Å²) in [5, 5.41) is 5.99. The van der Waals surface area contributed by atoms with E-state index in [0.29, 0.717) is 45.5 Å². The molecule has 138 heavy (non-hydrogen) atoms. The summed E-state index contributed by atoms with van der Waals surface area (Å²) in [6.07, 6.45) is 20.3. The van der Waals surface area contributed by atoms with Gasteiger partial charge in [-0.2, -0.15) is 0 Å². The van der Waals surface area contributed by atoms with Crippen LogP contribution in [0.5, 0.6) is 0 Å². The zero-order valence-electron chi connectivity index (χ0n) is 101. The fraction of sp³-hybridized carbons (Fsp3) is 0.279.